The standard InChI is InChI=1S/C13H18BrNO2S/c14-11-2-1-10(18-11)12(15)9-3-5-17-13(7-9)4-6-16-8-13/h1-2,9,12H,3-8,15H2. The lowest BCUT2D eigenvalue weighted by molar-refractivity contribution is -0.101. The first-order valence-corrected chi connectivity index (χ1v) is 8.02. The maximum atomic E-state index is 6.43. The van der Waals surface area contributed by atoms with Gasteiger partial charge in [-0.15, -0.1) is 11.3 Å². The van der Waals surface area contributed by atoms with Crippen LogP contribution >= 0.6 is 27.3 Å². The van der Waals surface area contributed by atoms with Crippen molar-refractivity contribution in [2.45, 2.75) is 30.9 Å². The molecule has 2 saturated heterocycles. The summed E-state index contributed by atoms with van der Waals surface area (Å²) in [6, 6.07) is 4.34. The zero-order chi connectivity index (χ0) is 12.6. The molecule has 18 heavy (non-hydrogen) atoms. The molecule has 0 bridgehead atoms. The Labute approximate surface area is 120 Å². The lowest BCUT2D eigenvalue weighted by atomic mass is 9.81. The van der Waals surface area contributed by atoms with Crippen LogP contribution in [0.1, 0.15) is 30.2 Å². The van der Waals surface area contributed by atoms with E-state index in [1.165, 1.54) is 4.88 Å². The van der Waals surface area contributed by atoms with Gasteiger partial charge in [0.15, 0.2) is 0 Å². The number of hydrogen-bond acceptors (Lipinski definition) is 4. The zero-order valence-corrected chi connectivity index (χ0v) is 12.6. The molecule has 1 aromatic heterocycles. The highest BCUT2D eigenvalue weighted by Gasteiger charge is 2.42. The van der Waals surface area contributed by atoms with Crippen molar-refractivity contribution >= 4 is 27.3 Å². The average molecular weight is 332 g/mol. The molecule has 0 saturated carbocycles. The molecule has 3 rings (SSSR count). The summed E-state index contributed by atoms with van der Waals surface area (Å²) in [5.41, 5.74) is 6.38. The predicted octanol–water partition coefficient (Wildman–Crippen LogP) is 3.10. The van der Waals surface area contributed by atoms with Gasteiger partial charge >= 0.3 is 0 Å². The molecule has 5 heteroatoms. The highest BCUT2D eigenvalue weighted by molar-refractivity contribution is 9.11. The van der Waals surface area contributed by atoms with E-state index in [0.29, 0.717) is 5.92 Å². The average Bonchev–Trinajstić information content (AvgIpc) is 2.98. The minimum absolute atomic E-state index is 0.0466. The van der Waals surface area contributed by atoms with Gasteiger partial charge in [-0.3, -0.25) is 0 Å². The lowest BCUT2D eigenvalue weighted by Crippen LogP contribution is -2.43. The molecule has 0 amide bonds. The molecule has 3 unspecified atom stereocenters. The molecule has 0 aliphatic carbocycles. The predicted molar refractivity (Wildman–Crippen MR) is 75.8 cm³/mol. The third-order valence-electron chi connectivity index (χ3n) is 4.03. The van der Waals surface area contributed by atoms with Crippen LogP contribution in [0.4, 0.5) is 0 Å². The fraction of sp³-hybridized carbons (Fsp3) is 0.692. The minimum Gasteiger partial charge on any atom is -0.378 e. The molecule has 2 aliphatic heterocycles. The first-order valence-electron chi connectivity index (χ1n) is 6.41. The van der Waals surface area contributed by atoms with E-state index in [1.54, 1.807) is 11.3 Å². The number of halogens is 1. The largest absolute Gasteiger partial charge is 0.378 e. The summed E-state index contributed by atoms with van der Waals surface area (Å²) >= 11 is 5.24. The molecule has 2 N–H and O–H groups in total. The van der Waals surface area contributed by atoms with Crippen LogP contribution in [0.25, 0.3) is 0 Å². The molecule has 0 radical (unpaired) electrons. The van der Waals surface area contributed by atoms with Gasteiger partial charge in [-0.2, -0.15) is 0 Å². The second-order valence-corrected chi connectivity index (χ2v) is 7.75. The van der Waals surface area contributed by atoms with Gasteiger partial charge in [0.2, 0.25) is 0 Å². The van der Waals surface area contributed by atoms with Crippen molar-refractivity contribution in [2.24, 2.45) is 11.7 Å². The van der Waals surface area contributed by atoms with Crippen LogP contribution in [0.15, 0.2) is 15.9 Å². The number of hydrogen-bond donors (Lipinski definition) is 1. The Morgan fingerprint density at radius 2 is 2.33 bits per heavy atom. The summed E-state index contributed by atoms with van der Waals surface area (Å²) in [4.78, 5) is 1.27. The Hall–Kier alpha value is 0.0600. The molecule has 0 aromatic carbocycles. The molecular formula is C13H18BrNO2S. The van der Waals surface area contributed by atoms with Gasteiger partial charge < -0.3 is 15.2 Å². The molecule has 100 valence electrons. The van der Waals surface area contributed by atoms with Crippen molar-refractivity contribution in [1.82, 2.24) is 0 Å². The Bertz CT molecular complexity index is 417. The minimum atomic E-state index is -0.0466. The van der Waals surface area contributed by atoms with Crippen molar-refractivity contribution in [1.29, 1.82) is 0 Å². The molecular weight excluding hydrogens is 314 g/mol. The van der Waals surface area contributed by atoms with E-state index in [4.69, 9.17) is 15.2 Å². The zero-order valence-electron chi connectivity index (χ0n) is 10.2. The smallest absolute Gasteiger partial charge is 0.0940 e. The topological polar surface area (TPSA) is 44.5 Å². The molecule has 3 heterocycles. The van der Waals surface area contributed by atoms with Crippen molar-refractivity contribution in [3.63, 3.8) is 0 Å². The van der Waals surface area contributed by atoms with Gasteiger partial charge in [-0.1, -0.05) is 0 Å². The van der Waals surface area contributed by atoms with E-state index in [1.807, 2.05) is 0 Å². The summed E-state index contributed by atoms with van der Waals surface area (Å²) in [5.74, 6) is 0.506. The van der Waals surface area contributed by atoms with Crippen LogP contribution in [-0.4, -0.2) is 25.4 Å². The number of nitrogens with two attached hydrogens (primary N) is 1. The fourth-order valence-corrected chi connectivity index (χ4v) is 4.49. The van der Waals surface area contributed by atoms with Crippen molar-refractivity contribution in [3.8, 4) is 0 Å². The summed E-state index contributed by atoms with van der Waals surface area (Å²) < 4.78 is 12.6. The van der Waals surface area contributed by atoms with E-state index < -0.39 is 0 Å². The Morgan fingerprint density at radius 3 is 3.00 bits per heavy atom. The third kappa shape index (κ3) is 2.51. The maximum absolute atomic E-state index is 6.43. The van der Waals surface area contributed by atoms with Gasteiger partial charge in [-0.05, 0) is 46.8 Å². The van der Waals surface area contributed by atoms with E-state index >= 15 is 0 Å². The van der Waals surface area contributed by atoms with Crippen LogP contribution in [0.5, 0.6) is 0 Å². The van der Waals surface area contributed by atoms with E-state index in [2.05, 4.69) is 28.1 Å². The van der Waals surface area contributed by atoms with Gasteiger partial charge in [0.25, 0.3) is 0 Å². The van der Waals surface area contributed by atoms with Gasteiger partial charge in [-0.25, -0.2) is 0 Å². The number of rotatable bonds is 2. The monoisotopic (exact) mass is 331 g/mol. The first-order chi connectivity index (χ1) is 8.69. The summed E-state index contributed by atoms with van der Waals surface area (Å²) in [6.07, 6.45) is 3.10. The Balaban J connectivity index is 1.72. The van der Waals surface area contributed by atoms with Crippen LogP contribution < -0.4 is 5.73 Å². The quantitative estimate of drug-likeness (QED) is 0.905. The number of thiophene rings is 1. The van der Waals surface area contributed by atoms with Crippen molar-refractivity contribution < 1.29 is 9.47 Å². The lowest BCUT2D eigenvalue weighted by Gasteiger charge is -2.39. The SMILES string of the molecule is NC(c1ccc(Br)s1)C1CCOC2(CCOC2)C1. The Morgan fingerprint density at radius 1 is 1.44 bits per heavy atom. The molecule has 1 aromatic rings. The molecule has 2 aliphatic rings. The van der Waals surface area contributed by atoms with Crippen LogP contribution in [-0.2, 0) is 9.47 Å². The second kappa shape index (κ2) is 5.21. The Kier molecular flexibility index (Phi) is 3.78. The van der Waals surface area contributed by atoms with Crippen LogP contribution in [0, 0.1) is 5.92 Å². The summed E-state index contributed by atoms with van der Waals surface area (Å²) in [5, 5.41) is 0. The highest BCUT2D eigenvalue weighted by atomic mass is 79.9. The van der Waals surface area contributed by atoms with Gasteiger partial charge in [0, 0.05) is 30.6 Å². The first kappa shape index (κ1) is 13.1. The van der Waals surface area contributed by atoms with Crippen LogP contribution in [0.2, 0.25) is 0 Å². The second-order valence-electron chi connectivity index (χ2n) is 5.25. The van der Waals surface area contributed by atoms with E-state index in [-0.39, 0.29) is 11.6 Å². The number of ether oxygens (including phenoxy) is 2. The van der Waals surface area contributed by atoms with E-state index in [9.17, 15) is 0 Å². The summed E-state index contributed by atoms with van der Waals surface area (Å²) in [6.45, 7) is 2.38. The van der Waals surface area contributed by atoms with Crippen LogP contribution in [0.3, 0.4) is 0 Å². The van der Waals surface area contributed by atoms with Gasteiger partial charge in [0.1, 0.15) is 0 Å². The van der Waals surface area contributed by atoms with Crippen molar-refractivity contribution in [2.75, 3.05) is 19.8 Å². The maximum Gasteiger partial charge on any atom is 0.0940 e. The molecule has 1 spiro atoms. The van der Waals surface area contributed by atoms with E-state index in [0.717, 1.165) is 42.9 Å². The highest BCUT2D eigenvalue weighted by Crippen LogP contribution is 2.41. The third-order valence-corrected chi connectivity index (χ3v) is 5.75. The normalized spacial score (nSPS) is 34.0. The van der Waals surface area contributed by atoms with Gasteiger partial charge in [0.05, 0.1) is 16.0 Å². The fourth-order valence-electron chi connectivity index (χ4n) is 2.98. The molecule has 3 atom stereocenters. The molecule has 2 fully saturated rings. The summed E-state index contributed by atoms with van der Waals surface area (Å²) in [7, 11) is 0. The molecule has 3 nitrogen and oxygen atoms in total. The van der Waals surface area contributed by atoms with Crippen molar-refractivity contribution in [3.05, 3.63) is 20.8 Å².